The van der Waals surface area contributed by atoms with Gasteiger partial charge in [-0.2, -0.15) is 0 Å². The normalized spacial score (nSPS) is 15.2. The third kappa shape index (κ3) is 3.27. The van der Waals surface area contributed by atoms with E-state index in [0.717, 1.165) is 18.5 Å². The Morgan fingerprint density at radius 2 is 2.24 bits per heavy atom. The molecule has 1 aliphatic carbocycles. The highest BCUT2D eigenvalue weighted by Gasteiger charge is 2.23. The Hall–Kier alpha value is -1.42. The van der Waals surface area contributed by atoms with Gasteiger partial charge in [0.25, 0.3) is 0 Å². The molecule has 17 heavy (non-hydrogen) atoms. The van der Waals surface area contributed by atoms with Gasteiger partial charge in [0.15, 0.2) is 0 Å². The van der Waals surface area contributed by atoms with Crippen LogP contribution in [0.5, 0.6) is 0 Å². The largest absolute Gasteiger partial charge is 0.478 e. The van der Waals surface area contributed by atoms with E-state index in [2.05, 4.69) is 4.90 Å². The number of halogens is 1. The van der Waals surface area contributed by atoms with Gasteiger partial charge in [0.1, 0.15) is 5.82 Å². The molecule has 4 heteroatoms. The predicted molar refractivity (Wildman–Crippen MR) is 62.4 cm³/mol. The van der Waals surface area contributed by atoms with E-state index in [-0.39, 0.29) is 5.56 Å². The van der Waals surface area contributed by atoms with Crippen molar-refractivity contribution in [3.05, 3.63) is 35.1 Å². The number of aromatic carboxylic acids is 1. The highest BCUT2D eigenvalue weighted by Crippen LogP contribution is 2.29. The Bertz CT molecular complexity index is 429. The first-order chi connectivity index (χ1) is 8.06. The maximum Gasteiger partial charge on any atom is 0.336 e. The number of carboxylic acids is 1. The molecule has 0 saturated heterocycles. The van der Waals surface area contributed by atoms with Crippen LogP contribution in [0.25, 0.3) is 0 Å². The van der Waals surface area contributed by atoms with Gasteiger partial charge in [0.05, 0.1) is 5.56 Å². The van der Waals surface area contributed by atoms with Crippen molar-refractivity contribution in [1.82, 2.24) is 4.90 Å². The molecule has 2 rings (SSSR count). The number of benzene rings is 1. The summed E-state index contributed by atoms with van der Waals surface area (Å²) in [5.74, 6) is -0.816. The molecule has 92 valence electrons. The van der Waals surface area contributed by atoms with Crippen LogP contribution in [-0.2, 0) is 6.54 Å². The number of carboxylic acid groups (broad SMARTS) is 1. The van der Waals surface area contributed by atoms with Crippen LogP contribution in [0.4, 0.5) is 4.39 Å². The van der Waals surface area contributed by atoms with Crippen LogP contribution in [0.2, 0.25) is 0 Å². The van der Waals surface area contributed by atoms with E-state index in [0.29, 0.717) is 12.1 Å². The average molecular weight is 237 g/mol. The molecule has 0 bridgehead atoms. The fourth-order valence-corrected chi connectivity index (χ4v) is 1.98. The summed E-state index contributed by atoms with van der Waals surface area (Å²) in [7, 11) is 1.97. The third-order valence-corrected chi connectivity index (χ3v) is 3.01. The van der Waals surface area contributed by atoms with Crippen LogP contribution < -0.4 is 0 Å². The zero-order chi connectivity index (χ0) is 12.4. The Morgan fingerprint density at radius 1 is 1.53 bits per heavy atom. The smallest absolute Gasteiger partial charge is 0.336 e. The molecule has 0 aromatic heterocycles. The van der Waals surface area contributed by atoms with Crippen LogP contribution in [0.15, 0.2) is 18.2 Å². The lowest BCUT2D eigenvalue weighted by atomic mass is 10.1. The quantitative estimate of drug-likeness (QED) is 0.854. The van der Waals surface area contributed by atoms with Crippen molar-refractivity contribution in [2.24, 2.45) is 5.92 Å². The Labute approximate surface area is 99.9 Å². The second kappa shape index (κ2) is 4.84. The van der Waals surface area contributed by atoms with Gasteiger partial charge in [0.2, 0.25) is 0 Å². The maximum absolute atomic E-state index is 13.0. The minimum atomic E-state index is -1.07. The summed E-state index contributed by atoms with van der Waals surface area (Å²) < 4.78 is 13.0. The van der Waals surface area contributed by atoms with Crippen molar-refractivity contribution in [3.63, 3.8) is 0 Å². The second-order valence-corrected chi connectivity index (χ2v) is 4.75. The van der Waals surface area contributed by atoms with Crippen molar-refractivity contribution >= 4 is 5.97 Å². The van der Waals surface area contributed by atoms with E-state index < -0.39 is 11.8 Å². The fraction of sp³-hybridized carbons (Fsp3) is 0.462. The molecule has 0 spiro atoms. The van der Waals surface area contributed by atoms with Crippen LogP contribution >= 0.6 is 0 Å². The molecule has 0 radical (unpaired) electrons. The predicted octanol–water partition coefficient (Wildman–Crippen LogP) is 2.37. The monoisotopic (exact) mass is 237 g/mol. The van der Waals surface area contributed by atoms with Gasteiger partial charge in [-0.3, -0.25) is 0 Å². The molecule has 0 unspecified atom stereocenters. The molecule has 1 aliphatic rings. The van der Waals surface area contributed by atoms with Crippen molar-refractivity contribution in [3.8, 4) is 0 Å². The van der Waals surface area contributed by atoms with Gasteiger partial charge in [-0.25, -0.2) is 9.18 Å². The van der Waals surface area contributed by atoms with E-state index in [1.165, 1.54) is 18.9 Å². The Balaban J connectivity index is 2.10. The second-order valence-electron chi connectivity index (χ2n) is 4.75. The van der Waals surface area contributed by atoms with Crippen LogP contribution in [-0.4, -0.2) is 29.6 Å². The third-order valence-electron chi connectivity index (χ3n) is 3.01. The Morgan fingerprint density at radius 3 is 2.82 bits per heavy atom. The summed E-state index contributed by atoms with van der Waals surface area (Å²) in [5, 5.41) is 9.01. The van der Waals surface area contributed by atoms with Gasteiger partial charge in [-0.1, -0.05) is 6.07 Å². The summed E-state index contributed by atoms with van der Waals surface area (Å²) in [6.07, 6.45) is 2.53. The van der Waals surface area contributed by atoms with E-state index >= 15 is 0 Å². The highest BCUT2D eigenvalue weighted by atomic mass is 19.1. The van der Waals surface area contributed by atoms with Crippen LogP contribution in [0.3, 0.4) is 0 Å². The van der Waals surface area contributed by atoms with Gasteiger partial charge in [-0.05, 0) is 43.5 Å². The lowest BCUT2D eigenvalue weighted by Gasteiger charge is -2.17. The SMILES string of the molecule is CN(Cc1ccc(F)cc1C(=O)O)CC1CC1. The van der Waals surface area contributed by atoms with Gasteiger partial charge in [0, 0.05) is 13.1 Å². The molecule has 1 fully saturated rings. The summed E-state index contributed by atoms with van der Waals surface area (Å²) in [4.78, 5) is 13.1. The standard InChI is InChI=1S/C13H16FNO2/c1-15(7-9-2-3-9)8-10-4-5-11(14)6-12(10)13(16)17/h4-6,9H,2-3,7-8H2,1H3,(H,16,17). The zero-order valence-electron chi connectivity index (χ0n) is 9.82. The zero-order valence-corrected chi connectivity index (χ0v) is 9.82. The lowest BCUT2D eigenvalue weighted by Crippen LogP contribution is -2.21. The fourth-order valence-electron chi connectivity index (χ4n) is 1.98. The number of hydrogen-bond donors (Lipinski definition) is 1. The number of hydrogen-bond acceptors (Lipinski definition) is 2. The van der Waals surface area contributed by atoms with E-state index in [4.69, 9.17) is 5.11 Å². The minimum absolute atomic E-state index is 0.0626. The van der Waals surface area contributed by atoms with E-state index in [1.54, 1.807) is 6.07 Å². The molecule has 1 aromatic carbocycles. The summed E-state index contributed by atoms with van der Waals surface area (Å²) in [6, 6.07) is 3.96. The van der Waals surface area contributed by atoms with Gasteiger partial charge < -0.3 is 10.0 Å². The number of rotatable bonds is 5. The Kier molecular flexibility index (Phi) is 3.43. The molecule has 0 heterocycles. The van der Waals surface area contributed by atoms with Crippen LogP contribution in [0.1, 0.15) is 28.8 Å². The first kappa shape index (κ1) is 12.0. The van der Waals surface area contributed by atoms with Gasteiger partial charge in [-0.15, -0.1) is 0 Å². The summed E-state index contributed by atoms with van der Waals surface area (Å²) >= 11 is 0. The molecule has 0 amide bonds. The van der Waals surface area contributed by atoms with E-state index in [1.807, 2.05) is 7.05 Å². The molecule has 0 aliphatic heterocycles. The van der Waals surface area contributed by atoms with Crippen molar-refractivity contribution < 1.29 is 14.3 Å². The number of nitrogens with zero attached hydrogens (tertiary/aromatic N) is 1. The summed E-state index contributed by atoms with van der Waals surface area (Å²) in [6.45, 7) is 1.54. The van der Waals surface area contributed by atoms with Crippen molar-refractivity contribution in [2.45, 2.75) is 19.4 Å². The molecule has 0 atom stereocenters. The minimum Gasteiger partial charge on any atom is -0.478 e. The summed E-state index contributed by atoms with van der Waals surface area (Å²) in [5.41, 5.74) is 0.731. The molecule has 1 aromatic rings. The molecule has 1 N–H and O–H groups in total. The highest BCUT2D eigenvalue weighted by molar-refractivity contribution is 5.89. The molecule has 1 saturated carbocycles. The molecular formula is C13H16FNO2. The topological polar surface area (TPSA) is 40.5 Å². The van der Waals surface area contributed by atoms with Crippen molar-refractivity contribution in [2.75, 3.05) is 13.6 Å². The lowest BCUT2D eigenvalue weighted by molar-refractivity contribution is 0.0694. The first-order valence-electron chi connectivity index (χ1n) is 5.76. The molecular weight excluding hydrogens is 221 g/mol. The first-order valence-corrected chi connectivity index (χ1v) is 5.76. The van der Waals surface area contributed by atoms with Gasteiger partial charge >= 0.3 is 5.97 Å². The molecule has 3 nitrogen and oxygen atoms in total. The number of carbonyl (C=O) groups is 1. The average Bonchev–Trinajstić information content (AvgIpc) is 3.04. The maximum atomic E-state index is 13.0. The van der Waals surface area contributed by atoms with E-state index in [9.17, 15) is 9.18 Å². The van der Waals surface area contributed by atoms with Crippen LogP contribution in [0, 0.1) is 11.7 Å². The van der Waals surface area contributed by atoms with Crippen molar-refractivity contribution in [1.29, 1.82) is 0 Å².